The van der Waals surface area contributed by atoms with Gasteiger partial charge < -0.3 is 45.4 Å². The average molecular weight is 732 g/mol. The van der Waals surface area contributed by atoms with Crippen molar-refractivity contribution < 1.29 is 49.3 Å². The topological polar surface area (TPSA) is 169 Å². The molecule has 10 nitrogen and oxygen atoms in total. The predicted octanol–water partition coefficient (Wildman–Crippen LogP) is 5.89. The lowest BCUT2D eigenvalue weighted by Gasteiger charge is -2.66. The van der Waals surface area contributed by atoms with E-state index in [1.165, 1.54) is 77.0 Å². The maximum Gasteiger partial charge on any atom is 0.220 e. The summed E-state index contributed by atoms with van der Waals surface area (Å²) in [7, 11) is 0. The van der Waals surface area contributed by atoms with Gasteiger partial charge >= 0.3 is 0 Å². The molecular weight excluding hydrogens is 657 g/mol. The average Bonchev–Trinajstić information content (AvgIpc) is 3.09. The van der Waals surface area contributed by atoms with Gasteiger partial charge in [0.1, 0.15) is 36.2 Å². The monoisotopic (exact) mass is 732 g/mol. The molecule has 4 aliphatic rings. The number of rotatable bonds is 31. The van der Waals surface area contributed by atoms with Crippen LogP contribution in [0.1, 0.15) is 174 Å². The van der Waals surface area contributed by atoms with Gasteiger partial charge in [-0.1, -0.05) is 129 Å². The fourth-order valence-corrected chi connectivity index (χ4v) is 8.51. The Balaban J connectivity index is 1.32. The third-order valence-electron chi connectivity index (χ3n) is 11.7. The van der Waals surface area contributed by atoms with E-state index in [1.807, 2.05) is 0 Å². The Morgan fingerprint density at radius 2 is 1.27 bits per heavy atom. The molecule has 1 amide bonds. The summed E-state index contributed by atoms with van der Waals surface area (Å²) in [6.07, 6.45) is 17.2. The molecule has 1 heterocycles. The Labute approximate surface area is 307 Å². The molecule has 0 spiro atoms. The normalized spacial score (nSPS) is 30.3. The van der Waals surface area contributed by atoms with Crippen LogP contribution >= 0.6 is 0 Å². The number of aliphatic hydroxyl groups excluding tert-OH is 6. The largest absolute Gasteiger partial charge is 0.394 e. The van der Waals surface area contributed by atoms with Crippen LogP contribution in [0.2, 0.25) is 0 Å². The van der Waals surface area contributed by atoms with Crippen LogP contribution < -0.4 is 5.32 Å². The summed E-state index contributed by atoms with van der Waals surface area (Å²) in [5.41, 5.74) is -0.451. The second kappa shape index (κ2) is 23.8. The number of carbonyl (C=O) groups is 1. The first-order chi connectivity index (χ1) is 24.5. The van der Waals surface area contributed by atoms with Crippen LogP contribution in [0, 0.1) is 5.41 Å². The molecule has 1 saturated heterocycles. The minimum absolute atomic E-state index is 0.260. The van der Waals surface area contributed by atoms with Gasteiger partial charge in [0.25, 0.3) is 0 Å². The van der Waals surface area contributed by atoms with Crippen molar-refractivity contribution in [3.8, 4) is 0 Å². The smallest absolute Gasteiger partial charge is 0.220 e. The summed E-state index contributed by atoms with van der Waals surface area (Å²) in [6, 6.07) is -1.00. The highest BCUT2D eigenvalue weighted by atomic mass is 19.1. The molecule has 0 aromatic carbocycles. The summed E-state index contributed by atoms with van der Waals surface area (Å²) in [5, 5.41) is 64.9. The van der Waals surface area contributed by atoms with Gasteiger partial charge in [0, 0.05) is 6.42 Å². The van der Waals surface area contributed by atoms with Gasteiger partial charge in [-0.15, -0.1) is 0 Å². The Kier molecular flexibility index (Phi) is 20.7. The number of alkyl halides is 1. The van der Waals surface area contributed by atoms with Crippen molar-refractivity contribution in [3.05, 3.63) is 0 Å². The van der Waals surface area contributed by atoms with Crippen LogP contribution in [0.25, 0.3) is 0 Å². The van der Waals surface area contributed by atoms with E-state index in [2.05, 4.69) is 12.2 Å². The van der Waals surface area contributed by atoms with Gasteiger partial charge in [0.15, 0.2) is 6.29 Å². The first kappa shape index (κ1) is 44.5. The van der Waals surface area contributed by atoms with Crippen LogP contribution in [0.15, 0.2) is 0 Å². The predicted molar refractivity (Wildman–Crippen MR) is 196 cm³/mol. The van der Waals surface area contributed by atoms with Crippen molar-refractivity contribution in [2.24, 2.45) is 5.41 Å². The number of ether oxygens (including phenoxy) is 2. The van der Waals surface area contributed by atoms with Gasteiger partial charge in [0.05, 0.1) is 25.4 Å². The molecule has 300 valence electrons. The van der Waals surface area contributed by atoms with E-state index in [4.69, 9.17) is 9.47 Å². The van der Waals surface area contributed by atoms with Crippen molar-refractivity contribution in [2.75, 3.05) is 13.2 Å². The second-order valence-electron chi connectivity index (χ2n) is 16.4. The lowest BCUT2D eigenvalue weighted by atomic mass is 9.41. The maximum absolute atomic E-state index is 13.7. The van der Waals surface area contributed by atoms with E-state index in [1.54, 1.807) is 0 Å². The molecule has 4 fully saturated rings. The summed E-state index contributed by atoms with van der Waals surface area (Å²) >= 11 is 0. The highest BCUT2D eigenvalue weighted by molar-refractivity contribution is 5.76. The molecule has 11 heteroatoms. The van der Waals surface area contributed by atoms with Gasteiger partial charge in [0.2, 0.25) is 5.91 Å². The zero-order chi connectivity index (χ0) is 37.1. The number of amides is 1. The van der Waals surface area contributed by atoms with Crippen molar-refractivity contribution in [3.63, 3.8) is 0 Å². The lowest BCUT2D eigenvalue weighted by molar-refractivity contribution is -0.303. The summed E-state index contributed by atoms with van der Waals surface area (Å²) in [6.45, 7) is 1.31. The fourth-order valence-electron chi connectivity index (χ4n) is 8.51. The standard InChI is InChI=1S/C40H74FNO9/c1-2-3-4-5-6-7-8-9-10-13-16-19-22-31(44)34(46)30(26-50-38-37(49)36(48)35(47)32(25-43)51-38)42-33(45)23-20-17-14-11-12-15-18-21-24-39-27-40(41,28-39)29-39/h30-32,34-38,43-44,46-49H,2-29H2,1H3,(H,42,45)/t30-,31+,32+,34-,35-,36-,37+,38-,39?,40?/m0/s1. The summed E-state index contributed by atoms with van der Waals surface area (Å²) in [4.78, 5) is 12.9. The Morgan fingerprint density at radius 3 is 1.80 bits per heavy atom. The van der Waals surface area contributed by atoms with Gasteiger partial charge in [-0.3, -0.25) is 4.79 Å². The van der Waals surface area contributed by atoms with Crippen LogP contribution in [0.4, 0.5) is 4.39 Å². The van der Waals surface area contributed by atoms with Crippen LogP contribution in [0.5, 0.6) is 0 Å². The zero-order valence-electron chi connectivity index (χ0n) is 31.7. The van der Waals surface area contributed by atoms with Crippen LogP contribution in [-0.2, 0) is 14.3 Å². The SMILES string of the molecule is CCCCCCCCCCCCCC[C@@H](O)[C@@H](O)[C@H](CO[C@H]1O[C@H](CO)[C@H](O)[C@H](O)[C@H]1O)NC(=O)CCCCCCCCCCC12CC(F)(C1)C2. The van der Waals surface area contributed by atoms with E-state index >= 15 is 0 Å². The molecule has 7 N–H and O–H groups in total. The fraction of sp³-hybridized carbons (Fsp3) is 0.975. The Bertz CT molecular complexity index is 922. The molecule has 3 aliphatic carbocycles. The molecule has 0 unspecified atom stereocenters. The van der Waals surface area contributed by atoms with E-state index in [0.29, 0.717) is 18.3 Å². The van der Waals surface area contributed by atoms with E-state index in [0.717, 1.165) is 70.6 Å². The first-order valence-corrected chi connectivity index (χ1v) is 20.8. The van der Waals surface area contributed by atoms with Crippen molar-refractivity contribution >= 4 is 5.91 Å². The van der Waals surface area contributed by atoms with E-state index in [-0.39, 0.29) is 18.9 Å². The summed E-state index contributed by atoms with van der Waals surface area (Å²) in [5.74, 6) is -0.280. The van der Waals surface area contributed by atoms with Gasteiger partial charge in [-0.25, -0.2) is 4.39 Å². The molecular formula is C40H74FNO9. The van der Waals surface area contributed by atoms with Crippen LogP contribution in [0.3, 0.4) is 0 Å². The van der Waals surface area contributed by atoms with E-state index < -0.39 is 61.2 Å². The number of halogens is 1. The molecule has 0 aromatic heterocycles. The maximum atomic E-state index is 13.7. The lowest BCUT2D eigenvalue weighted by Crippen LogP contribution is -2.64. The third kappa shape index (κ3) is 15.4. The number of nitrogens with one attached hydrogen (secondary N) is 1. The highest BCUT2D eigenvalue weighted by Gasteiger charge is 2.68. The number of aliphatic hydroxyl groups is 6. The quantitative estimate of drug-likeness (QED) is 0.0430. The van der Waals surface area contributed by atoms with Gasteiger partial charge in [-0.05, 0) is 43.9 Å². The molecule has 8 atom stereocenters. The Morgan fingerprint density at radius 1 is 0.765 bits per heavy atom. The third-order valence-corrected chi connectivity index (χ3v) is 11.7. The number of unbranched alkanes of at least 4 members (excludes halogenated alkanes) is 18. The summed E-state index contributed by atoms with van der Waals surface area (Å²) < 4.78 is 24.8. The zero-order valence-corrected chi connectivity index (χ0v) is 31.7. The minimum Gasteiger partial charge on any atom is -0.394 e. The first-order valence-electron chi connectivity index (χ1n) is 20.8. The second-order valence-corrected chi connectivity index (χ2v) is 16.4. The van der Waals surface area contributed by atoms with Crippen molar-refractivity contribution in [2.45, 2.75) is 228 Å². The van der Waals surface area contributed by atoms with E-state index in [9.17, 15) is 39.8 Å². The van der Waals surface area contributed by atoms with Gasteiger partial charge in [-0.2, -0.15) is 0 Å². The molecule has 0 radical (unpaired) electrons. The molecule has 4 rings (SSSR count). The number of hydrogen-bond donors (Lipinski definition) is 7. The molecule has 2 bridgehead atoms. The molecule has 3 saturated carbocycles. The molecule has 0 aromatic rings. The highest BCUT2D eigenvalue weighted by Crippen LogP contribution is 2.71. The molecule has 51 heavy (non-hydrogen) atoms. The molecule has 1 aliphatic heterocycles. The van der Waals surface area contributed by atoms with Crippen molar-refractivity contribution in [1.29, 1.82) is 0 Å². The number of hydrogen-bond acceptors (Lipinski definition) is 9. The van der Waals surface area contributed by atoms with Crippen molar-refractivity contribution in [1.82, 2.24) is 5.32 Å². The minimum atomic E-state index is -1.61. The Hall–Kier alpha value is -0.920. The van der Waals surface area contributed by atoms with Crippen LogP contribution in [-0.4, -0.2) is 104 Å². The number of carbonyl (C=O) groups excluding carboxylic acids is 1.